The van der Waals surface area contributed by atoms with Gasteiger partial charge in [0.2, 0.25) is 0 Å². The number of hydrogen-bond donors (Lipinski definition) is 1. The molecule has 3 heteroatoms. The van der Waals surface area contributed by atoms with Crippen LogP contribution >= 0.6 is 0 Å². The Bertz CT molecular complexity index is 259. The van der Waals surface area contributed by atoms with E-state index in [9.17, 15) is 9.90 Å². The minimum atomic E-state index is -0.477. The Labute approximate surface area is 98.5 Å². The minimum absolute atomic E-state index is 0.371. The number of aliphatic hydroxyl groups is 1. The third kappa shape index (κ3) is 5.91. The molecule has 0 radical (unpaired) electrons. The Balaban J connectivity index is 4.43. The van der Waals surface area contributed by atoms with Crippen molar-refractivity contribution in [2.45, 2.75) is 59.7 Å². The molecule has 0 aliphatic heterocycles. The van der Waals surface area contributed by atoms with E-state index < -0.39 is 17.1 Å². The van der Waals surface area contributed by atoms with Crippen LogP contribution in [-0.2, 0) is 9.53 Å². The van der Waals surface area contributed by atoms with E-state index >= 15 is 0 Å². The van der Waals surface area contributed by atoms with Crippen LogP contribution in [0.2, 0.25) is 0 Å². The van der Waals surface area contributed by atoms with Crippen molar-refractivity contribution in [1.82, 2.24) is 0 Å². The van der Waals surface area contributed by atoms with Gasteiger partial charge in [-0.2, -0.15) is 0 Å². The Hall–Kier alpha value is -0.830. The highest BCUT2D eigenvalue weighted by Gasteiger charge is 2.24. The molecule has 0 rings (SSSR count). The van der Waals surface area contributed by atoms with Crippen molar-refractivity contribution in [3.05, 3.63) is 12.2 Å². The topological polar surface area (TPSA) is 46.5 Å². The number of hydrogen-bond acceptors (Lipinski definition) is 3. The van der Waals surface area contributed by atoms with Crippen LogP contribution in [0.1, 0.15) is 48.0 Å². The van der Waals surface area contributed by atoms with E-state index in [0.717, 1.165) is 0 Å². The molecule has 0 aliphatic rings. The Kier molecular flexibility index (Phi) is 5.20. The van der Waals surface area contributed by atoms with Gasteiger partial charge in [0, 0.05) is 11.5 Å². The summed E-state index contributed by atoms with van der Waals surface area (Å²) in [6.07, 6.45) is 3.30. The van der Waals surface area contributed by atoms with E-state index in [1.165, 1.54) is 6.08 Å². The summed E-state index contributed by atoms with van der Waals surface area (Å²) in [5.74, 6) is -0.371. The second-order valence-electron chi connectivity index (χ2n) is 5.61. The van der Waals surface area contributed by atoms with Crippen LogP contribution in [0.15, 0.2) is 12.2 Å². The second-order valence-corrected chi connectivity index (χ2v) is 5.61. The number of rotatable bonds is 4. The highest BCUT2D eigenvalue weighted by atomic mass is 16.6. The van der Waals surface area contributed by atoms with Gasteiger partial charge in [0.1, 0.15) is 5.60 Å². The fourth-order valence-electron chi connectivity index (χ4n) is 1.26. The van der Waals surface area contributed by atoms with Gasteiger partial charge in [-0.15, -0.1) is 0 Å². The monoisotopic (exact) mass is 228 g/mol. The normalized spacial score (nSPS) is 15.2. The van der Waals surface area contributed by atoms with Crippen LogP contribution in [0.25, 0.3) is 0 Å². The van der Waals surface area contributed by atoms with Gasteiger partial charge in [-0.1, -0.05) is 26.8 Å². The van der Waals surface area contributed by atoms with E-state index in [-0.39, 0.29) is 5.97 Å². The van der Waals surface area contributed by atoms with Crippen molar-refractivity contribution < 1.29 is 14.6 Å². The van der Waals surface area contributed by atoms with E-state index in [1.54, 1.807) is 6.08 Å². The van der Waals surface area contributed by atoms with Crippen LogP contribution in [-0.4, -0.2) is 22.8 Å². The molecular formula is C13H24O3. The molecule has 0 saturated carbocycles. The summed E-state index contributed by atoms with van der Waals surface area (Å²) in [7, 11) is 0. The molecule has 0 aromatic heterocycles. The first-order chi connectivity index (χ1) is 7.08. The standard InChI is InChI=1S/C13H24O3/c1-7-10(14)13(5,6)9-8-11(15)16-12(2,3)4/h8-10,14H,7H2,1-6H3/b9-8+/t10-/m1/s1. The van der Waals surface area contributed by atoms with Gasteiger partial charge in [0.05, 0.1) is 6.10 Å². The van der Waals surface area contributed by atoms with Crippen LogP contribution in [0.4, 0.5) is 0 Å². The highest BCUT2D eigenvalue weighted by Crippen LogP contribution is 2.24. The zero-order valence-electron chi connectivity index (χ0n) is 11.2. The zero-order chi connectivity index (χ0) is 13.0. The van der Waals surface area contributed by atoms with Crippen molar-refractivity contribution in [3.8, 4) is 0 Å². The van der Waals surface area contributed by atoms with Crippen LogP contribution < -0.4 is 0 Å². The van der Waals surface area contributed by atoms with E-state index in [4.69, 9.17) is 4.74 Å². The molecule has 0 aromatic rings. The van der Waals surface area contributed by atoms with Gasteiger partial charge in [0.25, 0.3) is 0 Å². The Morgan fingerprint density at radius 3 is 2.19 bits per heavy atom. The lowest BCUT2D eigenvalue weighted by molar-refractivity contribution is -0.148. The maximum Gasteiger partial charge on any atom is 0.330 e. The maximum atomic E-state index is 11.4. The number of carbonyl (C=O) groups excluding carboxylic acids is 1. The molecule has 0 aliphatic carbocycles. The summed E-state index contributed by atoms with van der Waals surface area (Å²) in [5, 5.41) is 9.73. The number of esters is 1. The predicted molar refractivity (Wildman–Crippen MR) is 65.1 cm³/mol. The summed E-state index contributed by atoms with van der Waals surface area (Å²) in [6.45, 7) is 11.2. The van der Waals surface area contributed by atoms with Gasteiger partial charge in [-0.25, -0.2) is 4.79 Å². The molecule has 0 spiro atoms. The van der Waals surface area contributed by atoms with Gasteiger partial charge in [-0.3, -0.25) is 0 Å². The van der Waals surface area contributed by atoms with Crippen molar-refractivity contribution in [2.24, 2.45) is 5.41 Å². The van der Waals surface area contributed by atoms with Crippen LogP contribution in [0.5, 0.6) is 0 Å². The summed E-state index contributed by atoms with van der Waals surface area (Å²) in [5.41, 5.74) is -0.888. The van der Waals surface area contributed by atoms with Crippen molar-refractivity contribution >= 4 is 5.97 Å². The Morgan fingerprint density at radius 1 is 1.31 bits per heavy atom. The molecule has 0 amide bonds. The molecule has 0 saturated heterocycles. The smallest absolute Gasteiger partial charge is 0.330 e. The van der Waals surface area contributed by atoms with Gasteiger partial charge < -0.3 is 9.84 Å². The lowest BCUT2D eigenvalue weighted by atomic mass is 9.85. The van der Waals surface area contributed by atoms with E-state index in [1.807, 2.05) is 41.5 Å². The van der Waals surface area contributed by atoms with Crippen LogP contribution in [0.3, 0.4) is 0 Å². The lowest BCUT2D eigenvalue weighted by Crippen LogP contribution is -2.27. The van der Waals surface area contributed by atoms with Crippen molar-refractivity contribution in [3.63, 3.8) is 0 Å². The molecule has 0 aromatic carbocycles. The number of ether oxygens (including phenoxy) is 1. The molecule has 0 bridgehead atoms. The molecule has 1 N–H and O–H groups in total. The van der Waals surface area contributed by atoms with Crippen molar-refractivity contribution in [2.75, 3.05) is 0 Å². The molecule has 16 heavy (non-hydrogen) atoms. The largest absolute Gasteiger partial charge is 0.457 e. The second kappa shape index (κ2) is 5.48. The summed E-state index contributed by atoms with van der Waals surface area (Å²) < 4.78 is 5.14. The predicted octanol–water partition coefficient (Wildman–Crippen LogP) is 2.68. The third-order valence-electron chi connectivity index (χ3n) is 2.30. The lowest BCUT2D eigenvalue weighted by Gasteiger charge is -2.26. The molecule has 0 fully saturated rings. The molecule has 0 heterocycles. The average molecular weight is 228 g/mol. The van der Waals surface area contributed by atoms with Crippen molar-refractivity contribution in [1.29, 1.82) is 0 Å². The van der Waals surface area contributed by atoms with E-state index in [0.29, 0.717) is 6.42 Å². The quantitative estimate of drug-likeness (QED) is 0.594. The molecule has 94 valence electrons. The number of aliphatic hydroxyl groups excluding tert-OH is 1. The highest BCUT2D eigenvalue weighted by molar-refractivity contribution is 5.82. The SMILES string of the molecule is CC[C@@H](O)C(C)(C)/C=C/C(=O)OC(C)(C)C. The minimum Gasteiger partial charge on any atom is -0.457 e. The zero-order valence-corrected chi connectivity index (χ0v) is 11.2. The fourth-order valence-corrected chi connectivity index (χ4v) is 1.26. The molecule has 3 nitrogen and oxygen atoms in total. The molecule has 1 atom stereocenters. The first kappa shape index (κ1) is 15.2. The van der Waals surface area contributed by atoms with Gasteiger partial charge in [-0.05, 0) is 27.2 Å². The fraction of sp³-hybridized carbons (Fsp3) is 0.769. The first-order valence-electron chi connectivity index (χ1n) is 5.69. The van der Waals surface area contributed by atoms with Gasteiger partial charge >= 0.3 is 5.97 Å². The summed E-state index contributed by atoms with van der Waals surface area (Å²) in [4.78, 5) is 11.4. The maximum absolute atomic E-state index is 11.4. The summed E-state index contributed by atoms with van der Waals surface area (Å²) in [6, 6.07) is 0. The molecular weight excluding hydrogens is 204 g/mol. The average Bonchev–Trinajstić information content (AvgIpc) is 2.11. The van der Waals surface area contributed by atoms with Gasteiger partial charge in [0.15, 0.2) is 0 Å². The van der Waals surface area contributed by atoms with Crippen LogP contribution in [0, 0.1) is 5.41 Å². The Morgan fingerprint density at radius 2 is 1.81 bits per heavy atom. The first-order valence-corrected chi connectivity index (χ1v) is 5.69. The third-order valence-corrected chi connectivity index (χ3v) is 2.30. The molecule has 0 unspecified atom stereocenters. The summed E-state index contributed by atoms with van der Waals surface area (Å²) >= 11 is 0. The van der Waals surface area contributed by atoms with E-state index in [2.05, 4.69) is 0 Å². The number of carbonyl (C=O) groups is 1.